The molecule has 7 nitrogen and oxygen atoms in total. The Bertz CT molecular complexity index is 1420. The van der Waals surface area contributed by atoms with Crippen LogP contribution in [0.3, 0.4) is 0 Å². The summed E-state index contributed by atoms with van der Waals surface area (Å²) in [5.74, 6) is -1.37. The predicted octanol–water partition coefficient (Wildman–Crippen LogP) is 4.38. The van der Waals surface area contributed by atoms with E-state index in [9.17, 15) is 18.8 Å². The third-order valence-corrected chi connectivity index (χ3v) is 5.41. The van der Waals surface area contributed by atoms with E-state index in [0.29, 0.717) is 27.3 Å². The minimum absolute atomic E-state index is 0.0210. The molecule has 3 aromatic carbocycles. The van der Waals surface area contributed by atoms with E-state index in [4.69, 9.17) is 11.6 Å². The van der Waals surface area contributed by atoms with Gasteiger partial charge < -0.3 is 5.32 Å². The number of anilines is 2. The summed E-state index contributed by atoms with van der Waals surface area (Å²) >= 11 is 5.89. The van der Waals surface area contributed by atoms with Gasteiger partial charge in [0, 0.05) is 17.6 Å². The number of amides is 2. The molecular weight excluding hydrogens is 459 g/mol. The summed E-state index contributed by atoms with van der Waals surface area (Å²) in [5, 5.41) is 3.26. The Hall–Kier alpha value is -4.04. The van der Waals surface area contributed by atoms with Crippen LogP contribution in [-0.4, -0.2) is 21.4 Å². The minimum Gasteiger partial charge on any atom is -0.325 e. The van der Waals surface area contributed by atoms with Crippen molar-refractivity contribution >= 4 is 46.0 Å². The van der Waals surface area contributed by atoms with Crippen molar-refractivity contribution in [3.05, 3.63) is 99.6 Å². The molecule has 1 aromatic heterocycles. The largest absolute Gasteiger partial charge is 0.325 e. The molecule has 0 bridgehead atoms. The predicted molar refractivity (Wildman–Crippen MR) is 129 cm³/mol. The summed E-state index contributed by atoms with van der Waals surface area (Å²) < 4.78 is 14.6. The van der Waals surface area contributed by atoms with Gasteiger partial charge in [0.25, 0.3) is 5.56 Å². The number of hydrogen-bond acceptors (Lipinski definition) is 4. The van der Waals surface area contributed by atoms with Gasteiger partial charge in [-0.2, -0.15) is 0 Å². The second kappa shape index (κ2) is 9.84. The number of hydrogen-bond donors (Lipinski definition) is 1. The lowest BCUT2D eigenvalue weighted by Gasteiger charge is -2.21. The number of halogens is 2. The van der Waals surface area contributed by atoms with Gasteiger partial charge in [-0.05, 0) is 54.1 Å². The van der Waals surface area contributed by atoms with Gasteiger partial charge >= 0.3 is 0 Å². The smallest absolute Gasteiger partial charge is 0.294 e. The standard InChI is InChI=1S/C25H20ClFN4O3/c1-16(32)30(14-17-6-10-19(27)11-7-17)24-25(34)31(22-5-3-2-4-21(22)29-24)15-23(33)28-20-12-8-18(26)9-13-20/h2-13H,14-15H2,1H3,(H,28,33). The van der Waals surface area contributed by atoms with E-state index in [1.807, 2.05) is 0 Å². The number of carbonyl (C=O) groups is 2. The third-order valence-electron chi connectivity index (χ3n) is 5.15. The zero-order valence-electron chi connectivity index (χ0n) is 18.2. The molecule has 0 fully saturated rings. The van der Waals surface area contributed by atoms with Gasteiger partial charge in [-0.15, -0.1) is 0 Å². The Kier molecular flexibility index (Phi) is 6.70. The number of carbonyl (C=O) groups excluding carboxylic acids is 2. The molecular formula is C25H20ClFN4O3. The average molecular weight is 479 g/mol. The van der Waals surface area contributed by atoms with E-state index in [2.05, 4.69) is 10.3 Å². The van der Waals surface area contributed by atoms with E-state index < -0.39 is 23.2 Å². The lowest BCUT2D eigenvalue weighted by molar-refractivity contribution is -0.117. The molecule has 0 aliphatic carbocycles. The normalized spacial score (nSPS) is 10.8. The maximum absolute atomic E-state index is 13.5. The van der Waals surface area contributed by atoms with Crippen LogP contribution in [0.5, 0.6) is 0 Å². The first-order valence-corrected chi connectivity index (χ1v) is 10.8. The topological polar surface area (TPSA) is 84.3 Å². The molecule has 0 spiro atoms. The highest BCUT2D eigenvalue weighted by Gasteiger charge is 2.22. The quantitative estimate of drug-likeness (QED) is 0.445. The molecule has 0 radical (unpaired) electrons. The van der Waals surface area contributed by atoms with Crippen molar-refractivity contribution in [2.45, 2.75) is 20.0 Å². The van der Waals surface area contributed by atoms with Crippen molar-refractivity contribution in [2.75, 3.05) is 10.2 Å². The zero-order valence-corrected chi connectivity index (χ0v) is 18.9. The molecule has 0 unspecified atom stereocenters. The Morgan fingerprint density at radius 3 is 2.38 bits per heavy atom. The molecule has 4 aromatic rings. The SMILES string of the molecule is CC(=O)N(Cc1ccc(F)cc1)c1nc2ccccc2n(CC(=O)Nc2ccc(Cl)cc2)c1=O. The molecule has 0 saturated heterocycles. The third kappa shape index (κ3) is 5.13. The van der Waals surface area contributed by atoms with Crippen LogP contribution in [0.25, 0.3) is 11.0 Å². The molecule has 172 valence electrons. The molecule has 0 atom stereocenters. The maximum atomic E-state index is 13.5. The first kappa shape index (κ1) is 23.1. The number of aromatic nitrogens is 2. The molecule has 9 heteroatoms. The van der Waals surface area contributed by atoms with Gasteiger partial charge in [-0.1, -0.05) is 35.9 Å². The summed E-state index contributed by atoms with van der Waals surface area (Å²) in [7, 11) is 0. The summed E-state index contributed by atoms with van der Waals surface area (Å²) in [6.07, 6.45) is 0. The van der Waals surface area contributed by atoms with Crippen LogP contribution in [-0.2, 0) is 22.7 Å². The monoisotopic (exact) mass is 478 g/mol. The Morgan fingerprint density at radius 2 is 1.71 bits per heavy atom. The van der Waals surface area contributed by atoms with Crippen LogP contribution in [0.2, 0.25) is 5.02 Å². The van der Waals surface area contributed by atoms with Gasteiger partial charge in [0.05, 0.1) is 17.6 Å². The highest BCUT2D eigenvalue weighted by molar-refractivity contribution is 6.30. The highest BCUT2D eigenvalue weighted by atomic mass is 35.5. The van der Waals surface area contributed by atoms with Crippen LogP contribution in [0.1, 0.15) is 12.5 Å². The molecule has 4 rings (SSSR count). The molecule has 1 heterocycles. The van der Waals surface area contributed by atoms with Gasteiger partial charge in [-0.3, -0.25) is 23.9 Å². The fraction of sp³-hybridized carbons (Fsp3) is 0.120. The van der Waals surface area contributed by atoms with Crippen molar-refractivity contribution in [1.29, 1.82) is 0 Å². The Balaban J connectivity index is 1.73. The lowest BCUT2D eigenvalue weighted by atomic mass is 10.2. The summed E-state index contributed by atoms with van der Waals surface area (Å²) in [6.45, 7) is 1.05. The van der Waals surface area contributed by atoms with Crippen molar-refractivity contribution in [3.63, 3.8) is 0 Å². The zero-order chi connectivity index (χ0) is 24.2. The van der Waals surface area contributed by atoms with E-state index in [1.165, 1.54) is 40.7 Å². The van der Waals surface area contributed by atoms with Crippen molar-refractivity contribution in [3.8, 4) is 0 Å². The van der Waals surface area contributed by atoms with Crippen LogP contribution >= 0.6 is 11.6 Å². The average Bonchev–Trinajstić information content (AvgIpc) is 2.82. The first-order valence-electron chi connectivity index (χ1n) is 10.4. The van der Waals surface area contributed by atoms with Gasteiger partial charge in [0.2, 0.25) is 17.6 Å². The fourth-order valence-electron chi connectivity index (χ4n) is 3.50. The van der Waals surface area contributed by atoms with Crippen LogP contribution in [0.15, 0.2) is 77.6 Å². The lowest BCUT2D eigenvalue weighted by Crippen LogP contribution is -2.38. The molecule has 0 saturated carbocycles. The van der Waals surface area contributed by atoms with Crippen molar-refractivity contribution < 1.29 is 14.0 Å². The molecule has 1 N–H and O–H groups in total. The Labute approximate surface area is 199 Å². The number of rotatable bonds is 6. The van der Waals surface area contributed by atoms with Crippen LogP contribution in [0.4, 0.5) is 15.9 Å². The number of benzene rings is 3. The highest BCUT2D eigenvalue weighted by Crippen LogP contribution is 2.18. The molecule has 2 amide bonds. The van der Waals surface area contributed by atoms with Gasteiger partial charge in [0.15, 0.2) is 0 Å². The van der Waals surface area contributed by atoms with Crippen LogP contribution < -0.4 is 15.8 Å². The number of para-hydroxylation sites is 2. The molecule has 0 aliphatic rings. The van der Waals surface area contributed by atoms with Gasteiger partial charge in [-0.25, -0.2) is 9.37 Å². The maximum Gasteiger partial charge on any atom is 0.294 e. The molecule has 0 aliphatic heterocycles. The second-order valence-electron chi connectivity index (χ2n) is 7.60. The van der Waals surface area contributed by atoms with Crippen LogP contribution in [0, 0.1) is 5.82 Å². The van der Waals surface area contributed by atoms with Crippen molar-refractivity contribution in [1.82, 2.24) is 9.55 Å². The second-order valence-corrected chi connectivity index (χ2v) is 8.04. The van der Waals surface area contributed by atoms with E-state index >= 15 is 0 Å². The number of fused-ring (bicyclic) bond motifs is 1. The van der Waals surface area contributed by atoms with E-state index in [-0.39, 0.29) is 18.9 Å². The van der Waals surface area contributed by atoms with Crippen molar-refractivity contribution in [2.24, 2.45) is 0 Å². The Morgan fingerprint density at radius 1 is 1.03 bits per heavy atom. The molecule has 34 heavy (non-hydrogen) atoms. The van der Waals surface area contributed by atoms with Gasteiger partial charge in [0.1, 0.15) is 12.4 Å². The summed E-state index contributed by atoms with van der Waals surface area (Å²) in [6, 6.07) is 19.1. The number of nitrogens with one attached hydrogen (secondary N) is 1. The summed E-state index contributed by atoms with van der Waals surface area (Å²) in [5.41, 5.74) is 1.46. The number of nitrogens with zero attached hydrogens (tertiary/aromatic N) is 3. The van der Waals surface area contributed by atoms with E-state index in [1.54, 1.807) is 48.5 Å². The summed E-state index contributed by atoms with van der Waals surface area (Å²) in [4.78, 5) is 44.3. The fourth-order valence-corrected chi connectivity index (χ4v) is 3.62. The van der Waals surface area contributed by atoms with E-state index in [0.717, 1.165) is 0 Å². The minimum atomic E-state index is -0.595. The first-order chi connectivity index (χ1) is 16.3.